The Morgan fingerprint density at radius 1 is 1.14 bits per heavy atom. The first-order valence-electron chi connectivity index (χ1n) is 9.07. The van der Waals surface area contributed by atoms with Crippen molar-refractivity contribution in [1.29, 1.82) is 0 Å². The molecule has 2 aromatic rings. The molecule has 1 saturated heterocycles. The lowest BCUT2D eigenvalue weighted by Gasteiger charge is -2.16. The molecular formula is C22H24N2O4. The average Bonchev–Trinajstić information content (AvgIpc) is 3.53. The number of rotatable bonds is 7. The monoisotopic (exact) mass is 380 g/mol. The first-order valence-corrected chi connectivity index (χ1v) is 9.07. The van der Waals surface area contributed by atoms with E-state index in [-0.39, 0.29) is 18.0 Å². The number of esters is 1. The summed E-state index contributed by atoms with van der Waals surface area (Å²) in [5.74, 6) is -0.562. The van der Waals surface area contributed by atoms with Crippen LogP contribution in [0.3, 0.4) is 0 Å². The van der Waals surface area contributed by atoms with Crippen LogP contribution in [0.25, 0.3) is 5.57 Å². The highest BCUT2D eigenvalue weighted by molar-refractivity contribution is 6.43. The summed E-state index contributed by atoms with van der Waals surface area (Å²) in [5.41, 5.74) is 3.88. The number of hydroxylamine groups is 2. The van der Waals surface area contributed by atoms with Gasteiger partial charge in [0.05, 0.1) is 13.2 Å². The van der Waals surface area contributed by atoms with Crippen molar-refractivity contribution in [2.45, 2.75) is 26.1 Å². The molecule has 3 unspecified atom stereocenters. The number of benzene rings is 2. The topological polar surface area (TPSA) is 63.4 Å². The molecule has 1 aliphatic heterocycles. The molecular weight excluding hydrogens is 356 g/mol. The molecule has 0 spiro atoms. The molecule has 1 heterocycles. The van der Waals surface area contributed by atoms with Crippen LogP contribution in [0.2, 0.25) is 0 Å². The van der Waals surface area contributed by atoms with Gasteiger partial charge in [-0.15, -0.1) is 5.06 Å². The Morgan fingerprint density at radius 2 is 1.82 bits per heavy atom. The molecule has 2 aromatic carbocycles. The second kappa shape index (κ2) is 8.82. The number of ether oxygens (including phenoxy) is 1. The van der Waals surface area contributed by atoms with E-state index >= 15 is 0 Å². The number of methoxy groups -OCH3 is 1. The Morgan fingerprint density at radius 3 is 2.46 bits per heavy atom. The third kappa shape index (κ3) is 3.98. The fourth-order valence-electron chi connectivity index (χ4n) is 3.31. The maximum Gasteiger partial charge on any atom is 0.360 e. The maximum absolute atomic E-state index is 12.2. The Kier molecular flexibility index (Phi) is 6.23. The number of allylic oxidation sites excluding steroid dienone is 1. The molecule has 6 heteroatoms. The van der Waals surface area contributed by atoms with Crippen molar-refractivity contribution in [3.05, 3.63) is 77.4 Å². The fourth-order valence-corrected chi connectivity index (χ4v) is 3.31. The number of carbonyl (C=O) groups excluding carboxylic acids is 1. The zero-order chi connectivity index (χ0) is 20.1. The van der Waals surface area contributed by atoms with Gasteiger partial charge in [-0.3, -0.25) is 4.84 Å². The van der Waals surface area contributed by atoms with Crippen molar-refractivity contribution in [2.75, 3.05) is 14.2 Å². The van der Waals surface area contributed by atoms with Gasteiger partial charge in [-0.25, -0.2) is 4.79 Å². The molecule has 0 saturated carbocycles. The van der Waals surface area contributed by atoms with Crippen molar-refractivity contribution in [2.24, 2.45) is 5.16 Å². The van der Waals surface area contributed by atoms with Gasteiger partial charge in [0.25, 0.3) is 0 Å². The van der Waals surface area contributed by atoms with Crippen molar-refractivity contribution in [1.82, 2.24) is 5.06 Å². The van der Waals surface area contributed by atoms with Gasteiger partial charge in [-0.2, -0.15) is 0 Å². The summed E-state index contributed by atoms with van der Waals surface area (Å²) < 4.78 is 4.85. The third-order valence-corrected chi connectivity index (χ3v) is 4.70. The zero-order valence-electron chi connectivity index (χ0n) is 16.5. The normalized spacial score (nSPS) is 20.4. The van der Waals surface area contributed by atoms with Gasteiger partial charge in [0.15, 0.2) is 11.9 Å². The summed E-state index contributed by atoms with van der Waals surface area (Å²) in [7, 11) is 2.71. The lowest BCUT2D eigenvalue weighted by Crippen LogP contribution is -2.21. The SMILES string of the molecule is CC=C(c1ccccc1)C(C)N1OC1c1ccccc1C(=NOC)C(=O)OC. The van der Waals surface area contributed by atoms with E-state index in [0.717, 1.165) is 11.1 Å². The number of hydrogen-bond acceptors (Lipinski definition) is 6. The van der Waals surface area contributed by atoms with Crippen molar-refractivity contribution < 1.29 is 19.2 Å². The van der Waals surface area contributed by atoms with E-state index < -0.39 is 5.97 Å². The highest BCUT2D eigenvalue weighted by Gasteiger charge is 2.44. The van der Waals surface area contributed by atoms with Crippen LogP contribution in [0.4, 0.5) is 0 Å². The fraction of sp³-hybridized carbons (Fsp3) is 0.273. The second-order valence-corrected chi connectivity index (χ2v) is 6.30. The van der Waals surface area contributed by atoms with Gasteiger partial charge in [-0.1, -0.05) is 65.8 Å². The van der Waals surface area contributed by atoms with Crippen LogP contribution in [0.1, 0.15) is 36.8 Å². The lowest BCUT2D eigenvalue weighted by molar-refractivity contribution is -0.132. The molecule has 146 valence electrons. The van der Waals surface area contributed by atoms with E-state index in [1.807, 2.05) is 54.5 Å². The van der Waals surface area contributed by atoms with Gasteiger partial charge in [0.2, 0.25) is 0 Å². The maximum atomic E-state index is 12.2. The average molecular weight is 380 g/mol. The van der Waals surface area contributed by atoms with E-state index in [2.05, 4.69) is 30.3 Å². The Balaban J connectivity index is 1.87. The van der Waals surface area contributed by atoms with Crippen LogP contribution in [-0.4, -0.2) is 37.0 Å². The summed E-state index contributed by atoms with van der Waals surface area (Å²) in [6, 6.07) is 17.7. The second-order valence-electron chi connectivity index (χ2n) is 6.30. The van der Waals surface area contributed by atoms with Crippen molar-refractivity contribution >= 4 is 17.3 Å². The molecule has 0 aromatic heterocycles. The minimum absolute atomic E-state index is 0.0337. The first kappa shape index (κ1) is 19.8. The molecule has 0 bridgehead atoms. The molecule has 1 aliphatic rings. The largest absolute Gasteiger partial charge is 0.464 e. The van der Waals surface area contributed by atoms with Crippen LogP contribution >= 0.6 is 0 Å². The summed E-state index contributed by atoms with van der Waals surface area (Å²) in [5, 5.41) is 5.77. The Bertz CT molecular complexity index is 892. The molecule has 3 rings (SSSR count). The van der Waals surface area contributed by atoms with E-state index in [1.54, 1.807) is 0 Å². The van der Waals surface area contributed by atoms with E-state index in [4.69, 9.17) is 14.4 Å². The number of oxime groups is 1. The minimum Gasteiger partial charge on any atom is -0.464 e. The van der Waals surface area contributed by atoms with E-state index in [9.17, 15) is 4.79 Å². The molecule has 3 atom stereocenters. The first-order chi connectivity index (χ1) is 13.6. The number of nitrogens with zero attached hydrogens (tertiary/aromatic N) is 2. The van der Waals surface area contributed by atoms with Crippen LogP contribution in [-0.2, 0) is 19.2 Å². The standard InChI is InChI=1S/C22H24N2O4/c1-5-17(16-11-7-6-8-12-16)15(2)24-21(28-24)19-14-10-9-13-18(19)20(23-27-4)22(25)26-3/h5-15,21H,1-4H3. The van der Waals surface area contributed by atoms with Gasteiger partial charge < -0.3 is 9.57 Å². The summed E-state index contributed by atoms with van der Waals surface area (Å²) in [4.78, 5) is 22.9. The number of carbonyl (C=O) groups is 1. The van der Waals surface area contributed by atoms with Crippen LogP contribution in [0.5, 0.6) is 0 Å². The van der Waals surface area contributed by atoms with Gasteiger partial charge in [-0.05, 0) is 25.0 Å². The van der Waals surface area contributed by atoms with Gasteiger partial charge in [0, 0.05) is 11.1 Å². The lowest BCUT2D eigenvalue weighted by atomic mass is 9.98. The highest BCUT2D eigenvalue weighted by Crippen LogP contribution is 2.43. The van der Waals surface area contributed by atoms with Crippen LogP contribution in [0, 0.1) is 0 Å². The smallest absolute Gasteiger partial charge is 0.360 e. The Hall–Kier alpha value is -2.96. The molecule has 28 heavy (non-hydrogen) atoms. The predicted octanol–water partition coefficient (Wildman–Crippen LogP) is 3.95. The summed E-state index contributed by atoms with van der Waals surface area (Å²) >= 11 is 0. The summed E-state index contributed by atoms with van der Waals surface area (Å²) in [6.07, 6.45) is 1.81. The minimum atomic E-state index is -0.562. The number of hydrogen-bond donors (Lipinski definition) is 0. The molecule has 6 nitrogen and oxygen atoms in total. The molecule has 0 aliphatic carbocycles. The van der Waals surface area contributed by atoms with E-state index in [0.29, 0.717) is 5.56 Å². The highest BCUT2D eigenvalue weighted by atomic mass is 16.8. The van der Waals surface area contributed by atoms with Crippen LogP contribution in [0.15, 0.2) is 65.8 Å². The third-order valence-electron chi connectivity index (χ3n) is 4.70. The molecule has 0 amide bonds. The van der Waals surface area contributed by atoms with Gasteiger partial charge in [0.1, 0.15) is 7.11 Å². The molecule has 0 N–H and O–H groups in total. The van der Waals surface area contributed by atoms with Crippen molar-refractivity contribution in [3.63, 3.8) is 0 Å². The molecule has 0 radical (unpaired) electrons. The van der Waals surface area contributed by atoms with Crippen molar-refractivity contribution in [3.8, 4) is 0 Å². The van der Waals surface area contributed by atoms with Gasteiger partial charge >= 0.3 is 5.97 Å². The molecule has 1 fully saturated rings. The zero-order valence-corrected chi connectivity index (χ0v) is 16.5. The summed E-state index contributed by atoms with van der Waals surface area (Å²) in [6.45, 7) is 4.11. The Labute approximate surface area is 165 Å². The predicted molar refractivity (Wildman–Crippen MR) is 107 cm³/mol. The van der Waals surface area contributed by atoms with E-state index in [1.165, 1.54) is 19.8 Å². The quantitative estimate of drug-likeness (QED) is 0.315. The van der Waals surface area contributed by atoms with Crippen LogP contribution < -0.4 is 0 Å².